The lowest BCUT2D eigenvalue weighted by Gasteiger charge is -2.38. The smallest absolute Gasteiger partial charge is 0.141 e. The summed E-state index contributed by atoms with van der Waals surface area (Å²) >= 11 is 0. The van der Waals surface area contributed by atoms with Crippen molar-refractivity contribution in [1.82, 2.24) is 0 Å². The standard InChI is InChI=1S/C7H10O2/c8-6-4-7-5(6)2-1-3-9-7/h5,7H,1-4H2/t5-,7+/m1/s1. The van der Waals surface area contributed by atoms with Crippen molar-refractivity contribution in [3.8, 4) is 0 Å². The second-order valence-electron chi connectivity index (χ2n) is 2.83. The molecule has 0 amide bonds. The van der Waals surface area contributed by atoms with Crippen LogP contribution in [0.25, 0.3) is 0 Å². The van der Waals surface area contributed by atoms with Gasteiger partial charge in [0.15, 0.2) is 0 Å². The van der Waals surface area contributed by atoms with E-state index in [4.69, 9.17) is 4.74 Å². The number of carbonyl (C=O) groups is 1. The fourth-order valence-electron chi connectivity index (χ4n) is 1.60. The number of fused-ring (bicyclic) bond motifs is 1. The second kappa shape index (κ2) is 1.81. The van der Waals surface area contributed by atoms with Gasteiger partial charge in [0.25, 0.3) is 0 Å². The Morgan fingerprint density at radius 2 is 2.44 bits per heavy atom. The van der Waals surface area contributed by atoms with Crippen LogP contribution in [0, 0.1) is 5.92 Å². The molecule has 1 aliphatic heterocycles. The van der Waals surface area contributed by atoms with Crippen LogP contribution in [0.1, 0.15) is 19.3 Å². The van der Waals surface area contributed by atoms with E-state index in [1.165, 1.54) is 0 Å². The third-order valence-corrected chi connectivity index (χ3v) is 2.26. The molecule has 0 N–H and O–H groups in total. The van der Waals surface area contributed by atoms with Crippen molar-refractivity contribution < 1.29 is 9.53 Å². The summed E-state index contributed by atoms with van der Waals surface area (Å²) in [5.74, 6) is 0.707. The largest absolute Gasteiger partial charge is 0.377 e. The maximum atomic E-state index is 10.8. The molecule has 1 heterocycles. The van der Waals surface area contributed by atoms with Gasteiger partial charge in [-0.1, -0.05) is 0 Å². The summed E-state index contributed by atoms with van der Waals surface area (Å²) in [6.07, 6.45) is 3.15. The summed E-state index contributed by atoms with van der Waals surface area (Å²) < 4.78 is 5.33. The molecule has 0 aromatic rings. The average Bonchev–Trinajstić information content (AvgIpc) is 1.86. The maximum Gasteiger partial charge on any atom is 0.141 e. The van der Waals surface area contributed by atoms with E-state index in [0.29, 0.717) is 24.2 Å². The predicted molar refractivity (Wildman–Crippen MR) is 32.1 cm³/mol. The number of rotatable bonds is 0. The molecule has 0 aromatic heterocycles. The number of hydrogen-bond donors (Lipinski definition) is 0. The van der Waals surface area contributed by atoms with Crippen LogP contribution in [-0.4, -0.2) is 18.5 Å². The van der Waals surface area contributed by atoms with Crippen molar-refractivity contribution in [2.75, 3.05) is 6.61 Å². The van der Waals surface area contributed by atoms with Gasteiger partial charge in [-0.2, -0.15) is 0 Å². The highest BCUT2D eigenvalue weighted by molar-refractivity contribution is 5.88. The molecule has 0 bridgehead atoms. The highest BCUT2D eigenvalue weighted by Gasteiger charge is 2.41. The average molecular weight is 126 g/mol. The summed E-state index contributed by atoms with van der Waals surface area (Å²) in [7, 11) is 0. The van der Waals surface area contributed by atoms with Crippen molar-refractivity contribution >= 4 is 5.78 Å². The summed E-state index contributed by atoms with van der Waals surface area (Å²) in [5, 5.41) is 0. The summed E-state index contributed by atoms with van der Waals surface area (Å²) in [4.78, 5) is 10.8. The van der Waals surface area contributed by atoms with Crippen LogP contribution in [-0.2, 0) is 9.53 Å². The van der Waals surface area contributed by atoms with E-state index in [2.05, 4.69) is 0 Å². The molecule has 2 heteroatoms. The Hall–Kier alpha value is -0.370. The van der Waals surface area contributed by atoms with E-state index in [-0.39, 0.29) is 0 Å². The minimum atomic E-state index is 0.291. The zero-order chi connectivity index (χ0) is 6.27. The minimum absolute atomic E-state index is 0.291. The molecule has 1 aliphatic carbocycles. The minimum Gasteiger partial charge on any atom is -0.377 e. The van der Waals surface area contributed by atoms with Crippen LogP contribution in [0.15, 0.2) is 0 Å². The van der Waals surface area contributed by atoms with Gasteiger partial charge in [0.2, 0.25) is 0 Å². The van der Waals surface area contributed by atoms with E-state index >= 15 is 0 Å². The zero-order valence-corrected chi connectivity index (χ0v) is 5.30. The van der Waals surface area contributed by atoms with Crippen LogP contribution in [0.2, 0.25) is 0 Å². The van der Waals surface area contributed by atoms with Crippen molar-refractivity contribution in [3.05, 3.63) is 0 Å². The van der Waals surface area contributed by atoms with E-state index in [1.807, 2.05) is 0 Å². The number of ether oxygens (including phenoxy) is 1. The molecule has 1 saturated carbocycles. The molecule has 50 valence electrons. The predicted octanol–water partition coefficient (Wildman–Crippen LogP) is 0.754. The van der Waals surface area contributed by atoms with Crippen LogP contribution in [0.4, 0.5) is 0 Å². The van der Waals surface area contributed by atoms with Crippen LogP contribution in [0.5, 0.6) is 0 Å². The molecule has 0 unspecified atom stereocenters. The van der Waals surface area contributed by atoms with E-state index < -0.39 is 0 Å². The Kier molecular flexibility index (Phi) is 1.09. The summed E-state index contributed by atoms with van der Waals surface area (Å²) in [6.45, 7) is 0.869. The van der Waals surface area contributed by atoms with Crippen LogP contribution >= 0.6 is 0 Å². The Morgan fingerprint density at radius 3 is 3.00 bits per heavy atom. The first-order valence-corrected chi connectivity index (χ1v) is 3.52. The Balaban J connectivity index is 2.01. The summed E-state index contributed by atoms with van der Waals surface area (Å²) in [6, 6.07) is 0. The highest BCUT2D eigenvalue weighted by atomic mass is 16.5. The molecule has 0 aromatic carbocycles. The first-order chi connectivity index (χ1) is 4.38. The number of hydrogen-bond acceptors (Lipinski definition) is 2. The molecule has 2 fully saturated rings. The molecular weight excluding hydrogens is 116 g/mol. The second-order valence-corrected chi connectivity index (χ2v) is 2.83. The first kappa shape index (κ1) is 5.42. The molecule has 1 saturated heterocycles. The lowest BCUT2D eigenvalue weighted by atomic mass is 9.76. The van der Waals surface area contributed by atoms with Gasteiger partial charge in [-0.05, 0) is 12.8 Å². The van der Waals surface area contributed by atoms with Crippen molar-refractivity contribution in [2.45, 2.75) is 25.4 Å². The number of carbonyl (C=O) groups excluding carboxylic acids is 1. The van der Waals surface area contributed by atoms with E-state index in [0.717, 1.165) is 19.4 Å². The van der Waals surface area contributed by atoms with Gasteiger partial charge in [-0.15, -0.1) is 0 Å². The molecule has 0 radical (unpaired) electrons. The normalized spacial score (nSPS) is 41.6. The third kappa shape index (κ3) is 0.697. The van der Waals surface area contributed by atoms with Crippen LogP contribution < -0.4 is 0 Å². The SMILES string of the molecule is O=C1C[C@@H]2OCCC[C@H]12. The quantitative estimate of drug-likeness (QED) is 0.479. The molecule has 2 atom stereocenters. The van der Waals surface area contributed by atoms with Gasteiger partial charge in [0.05, 0.1) is 6.10 Å². The van der Waals surface area contributed by atoms with Crippen molar-refractivity contribution in [1.29, 1.82) is 0 Å². The van der Waals surface area contributed by atoms with Crippen molar-refractivity contribution in [2.24, 2.45) is 5.92 Å². The lowest BCUT2D eigenvalue weighted by molar-refractivity contribution is -0.152. The monoisotopic (exact) mass is 126 g/mol. The van der Waals surface area contributed by atoms with Gasteiger partial charge in [0.1, 0.15) is 5.78 Å². The van der Waals surface area contributed by atoms with E-state index in [1.54, 1.807) is 0 Å². The lowest BCUT2D eigenvalue weighted by Crippen LogP contribution is -2.46. The topological polar surface area (TPSA) is 26.3 Å². The Morgan fingerprint density at radius 1 is 1.56 bits per heavy atom. The number of Topliss-reactive ketones (excluding diaryl/α,β-unsaturated/α-hetero) is 1. The summed E-state index contributed by atoms with van der Waals surface area (Å²) in [5.41, 5.74) is 0. The van der Waals surface area contributed by atoms with Crippen LogP contribution in [0.3, 0.4) is 0 Å². The molecule has 0 spiro atoms. The molecule has 2 aliphatic rings. The van der Waals surface area contributed by atoms with Crippen molar-refractivity contribution in [3.63, 3.8) is 0 Å². The number of ketones is 1. The maximum absolute atomic E-state index is 10.8. The van der Waals surface area contributed by atoms with Gasteiger partial charge in [0, 0.05) is 18.9 Å². The highest BCUT2D eigenvalue weighted by Crippen LogP contribution is 2.33. The zero-order valence-electron chi connectivity index (χ0n) is 5.30. The third-order valence-electron chi connectivity index (χ3n) is 2.26. The first-order valence-electron chi connectivity index (χ1n) is 3.52. The Bertz CT molecular complexity index is 142. The van der Waals surface area contributed by atoms with Gasteiger partial charge in [-0.3, -0.25) is 4.79 Å². The van der Waals surface area contributed by atoms with Gasteiger partial charge < -0.3 is 4.74 Å². The fourth-order valence-corrected chi connectivity index (χ4v) is 1.60. The van der Waals surface area contributed by atoms with Gasteiger partial charge in [-0.25, -0.2) is 0 Å². The van der Waals surface area contributed by atoms with Gasteiger partial charge >= 0.3 is 0 Å². The molecule has 2 rings (SSSR count). The molecule has 2 nitrogen and oxygen atoms in total. The fraction of sp³-hybridized carbons (Fsp3) is 0.857. The molecule has 9 heavy (non-hydrogen) atoms. The molecular formula is C7H10O2. The van der Waals surface area contributed by atoms with E-state index in [9.17, 15) is 4.79 Å². The Labute approximate surface area is 54.2 Å².